The van der Waals surface area contributed by atoms with E-state index < -0.39 is 11.9 Å². The van der Waals surface area contributed by atoms with Gasteiger partial charge in [0.2, 0.25) is 12.2 Å². The van der Waals surface area contributed by atoms with Gasteiger partial charge in [-0.05, 0) is 12.8 Å². The second-order valence-electron chi connectivity index (χ2n) is 2.91. The zero-order valence-corrected chi connectivity index (χ0v) is 7.31. The van der Waals surface area contributed by atoms with Gasteiger partial charge < -0.3 is 20.9 Å². The molecule has 4 N–H and O–H groups in total. The van der Waals surface area contributed by atoms with Gasteiger partial charge in [0.1, 0.15) is 12.5 Å². The van der Waals surface area contributed by atoms with E-state index in [-0.39, 0.29) is 6.29 Å². The third-order valence-electron chi connectivity index (χ3n) is 1.84. The Balaban J connectivity index is 2.03. The second-order valence-corrected chi connectivity index (χ2v) is 2.91. The molecule has 1 aliphatic heterocycles. The molecule has 0 aliphatic carbocycles. The predicted octanol–water partition coefficient (Wildman–Crippen LogP) is -0.187. The maximum absolute atomic E-state index is 10.5. The molecule has 0 radical (unpaired) electrons. The van der Waals surface area contributed by atoms with Crippen LogP contribution in [0.1, 0.15) is 19.3 Å². The highest BCUT2D eigenvalue weighted by Gasteiger charge is 2.14. The number of hydrogen-bond donors (Lipinski definition) is 2. The quantitative estimate of drug-likeness (QED) is 0.623. The molecule has 0 saturated heterocycles. The number of amides is 1. The molecule has 13 heavy (non-hydrogen) atoms. The van der Waals surface area contributed by atoms with Gasteiger partial charge in [-0.25, -0.2) is 0 Å². The van der Waals surface area contributed by atoms with E-state index in [4.69, 9.17) is 20.9 Å². The second kappa shape index (κ2) is 4.71. The maximum Gasteiger partial charge on any atom is 0.239 e. The SMILES string of the molecule is NC(=O)[C@H](N)CCCC1OC=CO1. The monoisotopic (exact) mass is 186 g/mol. The molecule has 0 saturated carbocycles. The molecular weight excluding hydrogens is 172 g/mol. The van der Waals surface area contributed by atoms with Gasteiger partial charge >= 0.3 is 0 Å². The van der Waals surface area contributed by atoms with Crippen molar-refractivity contribution in [1.29, 1.82) is 0 Å². The van der Waals surface area contributed by atoms with Crippen LogP contribution < -0.4 is 11.5 Å². The van der Waals surface area contributed by atoms with Crippen molar-refractivity contribution >= 4 is 5.91 Å². The van der Waals surface area contributed by atoms with Gasteiger partial charge in [-0.1, -0.05) is 0 Å². The lowest BCUT2D eigenvalue weighted by Crippen LogP contribution is -2.36. The van der Waals surface area contributed by atoms with E-state index in [0.717, 1.165) is 6.42 Å². The van der Waals surface area contributed by atoms with Crippen molar-refractivity contribution in [2.75, 3.05) is 0 Å². The molecule has 0 unspecified atom stereocenters. The lowest BCUT2D eigenvalue weighted by molar-refractivity contribution is -0.119. The number of hydrogen-bond acceptors (Lipinski definition) is 4. The van der Waals surface area contributed by atoms with Crippen molar-refractivity contribution in [3.63, 3.8) is 0 Å². The van der Waals surface area contributed by atoms with Crippen LogP contribution in [0.3, 0.4) is 0 Å². The predicted molar refractivity (Wildman–Crippen MR) is 46.1 cm³/mol. The van der Waals surface area contributed by atoms with Crippen LogP contribution in [0.25, 0.3) is 0 Å². The van der Waals surface area contributed by atoms with Gasteiger partial charge in [0.25, 0.3) is 0 Å². The van der Waals surface area contributed by atoms with Crippen LogP contribution in [0.4, 0.5) is 0 Å². The summed E-state index contributed by atoms with van der Waals surface area (Å²) in [5.41, 5.74) is 10.4. The fraction of sp³-hybridized carbons (Fsp3) is 0.625. The first-order valence-electron chi connectivity index (χ1n) is 4.21. The van der Waals surface area contributed by atoms with Gasteiger partial charge in [-0.2, -0.15) is 0 Å². The standard InChI is InChI=1S/C8H14N2O3/c9-6(8(10)11)2-1-3-7-12-4-5-13-7/h4-7H,1-3,9H2,(H2,10,11)/t6-/m1/s1. The fourth-order valence-corrected chi connectivity index (χ4v) is 1.05. The van der Waals surface area contributed by atoms with Crippen LogP contribution >= 0.6 is 0 Å². The van der Waals surface area contributed by atoms with E-state index in [0.29, 0.717) is 12.8 Å². The first-order chi connectivity index (χ1) is 6.20. The summed E-state index contributed by atoms with van der Waals surface area (Å²) in [5.74, 6) is -0.466. The molecule has 1 heterocycles. The summed E-state index contributed by atoms with van der Waals surface area (Å²) >= 11 is 0. The fourth-order valence-electron chi connectivity index (χ4n) is 1.05. The van der Waals surface area contributed by atoms with E-state index in [1.54, 1.807) is 0 Å². The Morgan fingerprint density at radius 1 is 1.46 bits per heavy atom. The molecular formula is C8H14N2O3. The largest absolute Gasteiger partial charge is 0.459 e. The molecule has 0 aromatic rings. The lowest BCUT2D eigenvalue weighted by Gasteiger charge is -2.11. The van der Waals surface area contributed by atoms with Crippen LogP contribution in [-0.2, 0) is 14.3 Å². The van der Waals surface area contributed by atoms with Crippen molar-refractivity contribution in [2.45, 2.75) is 31.6 Å². The number of nitrogens with two attached hydrogens (primary N) is 2. The van der Waals surface area contributed by atoms with Crippen LogP contribution in [0, 0.1) is 0 Å². The van der Waals surface area contributed by atoms with Gasteiger partial charge in [0, 0.05) is 6.42 Å². The average molecular weight is 186 g/mol. The molecule has 1 amide bonds. The Kier molecular flexibility index (Phi) is 3.57. The molecule has 5 heteroatoms. The van der Waals surface area contributed by atoms with Gasteiger partial charge in [-0.3, -0.25) is 4.79 Å². The van der Waals surface area contributed by atoms with E-state index in [9.17, 15) is 4.79 Å². The van der Waals surface area contributed by atoms with Crippen LogP contribution in [0.15, 0.2) is 12.5 Å². The summed E-state index contributed by atoms with van der Waals surface area (Å²) in [5, 5.41) is 0. The van der Waals surface area contributed by atoms with Gasteiger partial charge in [0.15, 0.2) is 0 Å². The minimum atomic E-state index is -0.561. The maximum atomic E-state index is 10.5. The summed E-state index contributed by atoms with van der Waals surface area (Å²) in [6, 6.07) is -0.561. The van der Waals surface area contributed by atoms with E-state index in [1.807, 2.05) is 0 Å². The summed E-state index contributed by atoms with van der Waals surface area (Å²) in [6.07, 6.45) is 4.82. The number of carbonyl (C=O) groups excluding carboxylic acids is 1. The third-order valence-corrected chi connectivity index (χ3v) is 1.84. The number of primary amides is 1. The molecule has 0 fully saturated rings. The molecule has 5 nitrogen and oxygen atoms in total. The van der Waals surface area contributed by atoms with Gasteiger partial charge in [0.05, 0.1) is 6.04 Å². The van der Waals surface area contributed by atoms with Crippen molar-refractivity contribution in [3.8, 4) is 0 Å². The Labute approximate surface area is 76.7 Å². The van der Waals surface area contributed by atoms with Crippen molar-refractivity contribution < 1.29 is 14.3 Å². The van der Waals surface area contributed by atoms with Crippen molar-refractivity contribution in [1.82, 2.24) is 0 Å². The summed E-state index contributed by atoms with van der Waals surface area (Å²) in [6.45, 7) is 0. The summed E-state index contributed by atoms with van der Waals surface area (Å²) in [4.78, 5) is 10.5. The Morgan fingerprint density at radius 3 is 2.62 bits per heavy atom. The smallest absolute Gasteiger partial charge is 0.239 e. The Morgan fingerprint density at radius 2 is 2.08 bits per heavy atom. The van der Waals surface area contributed by atoms with Crippen LogP contribution in [-0.4, -0.2) is 18.2 Å². The van der Waals surface area contributed by atoms with E-state index in [1.165, 1.54) is 12.5 Å². The molecule has 0 spiro atoms. The highest BCUT2D eigenvalue weighted by molar-refractivity contribution is 5.79. The minimum Gasteiger partial charge on any atom is -0.459 e. The summed E-state index contributed by atoms with van der Waals surface area (Å²) < 4.78 is 10.1. The normalized spacial score (nSPS) is 17.9. The molecule has 1 atom stereocenters. The molecule has 0 aromatic heterocycles. The minimum absolute atomic E-state index is 0.222. The van der Waals surface area contributed by atoms with Gasteiger partial charge in [-0.15, -0.1) is 0 Å². The van der Waals surface area contributed by atoms with E-state index >= 15 is 0 Å². The zero-order chi connectivity index (χ0) is 9.68. The molecule has 1 aliphatic rings. The van der Waals surface area contributed by atoms with Crippen molar-refractivity contribution in [2.24, 2.45) is 11.5 Å². The zero-order valence-electron chi connectivity index (χ0n) is 7.31. The van der Waals surface area contributed by atoms with Crippen LogP contribution in [0.5, 0.6) is 0 Å². The van der Waals surface area contributed by atoms with E-state index in [2.05, 4.69) is 0 Å². The third kappa shape index (κ3) is 3.33. The average Bonchev–Trinajstić information content (AvgIpc) is 2.56. The number of ether oxygens (including phenoxy) is 2. The molecule has 0 aromatic carbocycles. The number of rotatable bonds is 5. The molecule has 1 rings (SSSR count). The molecule has 0 bridgehead atoms. The topological polar surface area (TPSA) is 87.6 Å². The Bertz CT molecular complexity index is 198. The highest BCUT2D eigenvalue weighted by Crippen LogP contribution is 2.12. The number of carbonyl (C=O) groups is 1. The summed E-state index contributed by atoms with van der Waals surface area (Å²) in [7, 11) is 0. The lowest BCUT2D eigenvalue weighted by atomic mass is 10.1. The first-order valence-corrected chi connectivity index (χ1v) is 4.21. The highest BCUT2D eigenvalue weighted by atomic mass is 16.7. The van der Waals surface area contributed by atoms with Crippen molar-refractivity contribution in [3.05, 3.63) is 12.5 Å². The Hall–Kier alpha value is -1.23. The van der Waals surface area contributed by atoms with Crippen LogP contribution in [0.2, 0.25) is 0 Å². The first kappa shape index (κ1) is 9.85. The molecule has 74 valence electrons.